The third kappa shape index (κ3) is 6.49. The van der Waals surface area contributed by atoms with E-state index in [2.05, 4.69) is 0 Å². The summed E-state index contributed by atoms with van der Waals surface area (Å²) in [5, 5.41) is 26.8. The summed E-state index contributed by atoms with van der Waals surface area (Å²) in [5.41, 5.74) is 0. The first kappa shape index (κ1) is 24.3. The average molecular weight is 488 g/mol. The highest BCUT2D eigenvalue weighted by Crippen LogP contribution is 2.36. The third-order valence-electron chi connectivity index (χ3n) is 3.93. The van der Waals surface area contributed by atoms with Crippen LogP contribution in [0.15, 0.2) is 50.9 Å². The van der Waals surface area contributed by atoms with Gasteiger partial charge in [-0.3, -0.25) is 0 Å². The lowest BCUT2D eigenvalue weighted by atomic mass is 10.1. The van der Waals surface area contributed by atoms with Crippen molar-refractivity contribution in [2.75, 3.05) is 25.7 Å². The van der Waals surface area contributed by atoms with Gasteiger partial charge >= 0.3 is 0 Å². The lowest BCUT2D eigenvalue weighted by molar-refractivity contribution is 0.0536. The molecule has 29 heavy (non-hydrogen) atoms. The van der Waals surface area contributed by atoms with Gasteiger partial charge in [-0.05, 0) is 30.3 Å². The molecular weight excluding hydrogens is 467 g/mol. The van der Waals surface area contributed by atoms with Gasteiger partial charge < -0.3 is 24.8 Å². The summed E-state index contributed by atoms with van der Waals surface area (Å²) in [7, 11) is -3.85. The monoisotopic (exact) mass is 486 g/mol. The van der Waals surface area contributed by atoms with Crippen LogP contribution in [-0.4, -0.2) is 67.0 Å². The molecule has 0 saturated carbocycles. The van der Waals surface area contributed by atoms with Crippen LogP contribution in [0.1, 0.15) is 6.42 Å². The van der Waals surface area contributed by atoms with Gasteiger partial charge in [0.25, 0.3) is 0 Å². The summed E-state index contributed by atoms with van der Waals surface area (Å²) in [6.07, 6.45) is -0.679. The number of sulfone groups is 1. The third-order valence-corrected chi connectivity index (χ3v) is 6.80. The Hall–Kier alpha value is -1.00. The van der Waals surface area contributed by atoms with Gasteiger partial charge in [0.05, 0.1) is 32.7 Å². The lowest BCUT2D eigenvalue weighted by Crippen LogP contribution is -2.22. The molecule has 3 atom stereocenters. The molecule has 1 aliphatic carbocycles. The van der Waals surface area contributed by atoms with Gasteiger partial charge in [-0.1, -0.05) is 11.6 Å². The molecule has 1 aromatic carbocycles. The summed E-state index contributed by atoms with van der Waals surface area (Å²) in [5.74, 6) is 0.504. The van der Waals surface area contributed by atoms with E-state index < -0.39 is 34.0 Å². The molecule has 11 heteroatoms. The van der Waals surface area contributed by atoms with Crippen molar-refractivity contribution in [2.24, 2.45) is 0 Å². The van der Waals surface area contributed by atoms with E-state index in [0.717, 1.165) is 0 Å². The van der Waals surface area contributed by atoms with E-state index in [4.69, 9.17) is 49.4 Å². The highest BCUT2D eigenvalue weighted by molar-refractivity contribution is 7.95. The van der Waals surface area contributed by atoms with Crippen LogP contribution in [0.2, 0.25) is 0 Å². The molecule has 0 fully saturated rings. The van der Waals surface area contributed by atoms with Crippen molar-refractivity contribution >= 4 is 44.6 Å². The fraction of sp³-hybridized carbons (Fsp3) is 0.444. The van der Waals surface area contributed by atoms with E-state index in [1.54, 1.807) is 0 Å². The van der Waals surface area contributed by atoms with Crippen LogP contribution in [0.25, 0.3) is 0 Å². The number of halogens is 3. The van der Waals surface area contributed by atoms with E-state index in [0.29, 0.717) is 5.75 Å². The summed E-state index contributed by atoms with van der Waals surface area (Å²) >= 11 is 17.9. The predicted molar refractivity (Wildman–Crippen MR) is 110 cm³/mol. The van der Waals surface area contributed by atoms with Crippen LogP contribution in [-0.2, 0) is 14.6 Å². The number of benzene rings is 1. The summed E-state index contributed by atoms with van der Waals surface area (Å²) < 4.78 is 36.4. The summed E-state index contributed by atoms with van der Waals surface area (Å²) in [6.45, 7) is -0.672. The minimum absolute atomic E-state index is 0.0218. The molecule has 0 aromatic heterocycles. The molecule has 0 spiro atoms. The van der Waals surface area contributed by atoms with Gasteiger partial charge in [-0.25, -0.2) is 8.42 Å². The molecular formula is C18H21Cl3O7S. The predicted octanol–water partition coefficient (Wildman–Crippen LogP) is 2.15. The Balaban J connectivity index is 2.17. The molecule has 0 aliphatic heterocycles. The first-order valence-corrected chi connectivity index (χ1v) is 11.4. The number of hydrogen-bond acceptors (Lipinski definition) is 7. The Labute approximate surface area is 184 Å². The van der Waals surface area contributed by atoms with E-state index in [9.17, 15) is 18.6 Å². The minimum atomic E-state index is -3.85. The van der Waals surface area contributed by atoms with Crippen molar-refractivity contribution in [2.45, 2.75) is 28.9 Å². The number of alkyl halides is 2. The van der Waals surface area contributed by atoms with E-state index in [1.807, 2.05) is 0 Å². The molecule has 1 unspecified atom stereocenters. The average Bonchev–Trinajstić information content (AvgIpc) is 2.71. The zero-order chi connectivity index (χ0) is 21.6. The number of rotatable bonds is 10. The molecule has 0 radical (unpaired) electrons. The second-order valence-corrected chi connectivity index (χ2v) is 9.48. The maximum absolute atomic E-state index is 12.9. The molecule has 0 amide bonds. The highest BCUT2D eigenvalue weighted by Gasteiger charge is 2.31. The van der Waals surface area contributed by atoms with Gasteiger partial charge in [-0.15, -0.1) is 23.2 Å². The van der Waals surface area contributed by atoms with Crippen LogP contribution in [0.5, 0.6) is 5.75 Å². The quantitative estimate of drug-likeness (QED) is 0.433. The number of hydrogen-bond donors (Lipinski definition) is 3. The first-order valence-electron chi connectivity index (χ1n) is 8.57. The van der Waals surface area contributed by atoms with Crippen LogP contribution in [0.4, 0.5) is 0 Å². The molecule has 7 nitrogen and oxygen atoms in total. The van der Waals surface area contributed by atoms with Gasteiger partial charge in [0.15, 0.2) is 0 Å². The van der Waals surface area contributed by atoms with Crippen molar-refractivity contribution in [1.29, 1.82) is 0 Å². The molecule has 3 N–H and O–H groups in total. The Morgan fingerprint density at radius 3 is 2.28 bits per heavy atom. The SMILES string of the molecule is O=S(=O)(C1=CC(Cl)=C(OC[C@@H](O)CCl)C(Cl)C1)c1ccc(OC[C@H](O)CO)cc1. The van der Waals surface area contributed by atoms with E-state index >= 15 is 0 Å². The maximum Gasteiger partial charge on any atom is 0.202 e. The van der Waals surface area contributed by atoms with Gasteiger partial charge in [-0.2, -0.15) is 0 Å². The van der Waals surface area contributed by atoms with Crippen LogP contribution < -0.4 is 4.74 Å². The number of aliphatic hydroxyl groups excluding tert-OH is 3. The summed E-state index contributed by atoms with van der Waals surface area (Å²) in [6, 6.07) is 5.61. The minimum Gasteiger partial charge on any atom is -0.492 e. The van der Waals surface area contributed by atoms with Crippen molar-refractivity contribution < 1.29 is 33.2 Å². The zero-order valence-corrected chi connectivity index (χ0v) is 18.3. The molecule has 0 heterocycles. The fourth-order valence-electron chi connectivity index (χ4n) is 2.38. The molecule has 0 bridgehead atoms. The number of aliphatic hydroxyl groups is 3. The number of allylic oxidation sites excluding steroid dienone is 4. The molecule has 1 aromatic rings. The van der Waals surface area contributed by atoms with Crippen molar-refractivity contribution in [1.82, 2.24) is 0 Å². The van der Waals surface area contributed by atoms with E-state index in [-0.39, 0.29) is 46.1 Å². The normalized spacial score (nSPS) is 19.5. The smallest absolute Gasteiger partial charge is 0.202 e. The van der Waals surface area contributed by atoms with Crippen molar-refractivity contribution in [3.8, 4) is 5.75 Å². The van der Waals surface area contributed by atoms with Crippen molar-refractivity contribution in [3.63, 3.8) is 0 Å². The topological polar surface area (TPSA) is 113 Å². The van der Waals surface area contributed by atoms with Gasteiger partial charge in [0.1, 0.15) is 36.9 Å². The molecule has 0 saturated heterocycles. The lowest BCUT2D eigenvalue weighted by Gasteiger charge is -2.23. The second-order valence-electron chi connectivity index (χ2n) is 6.24. The van der Waals surface area contributed by atoms with Crippen molar-refractivity contribution in [3.05, 3.63) is 46.0 Å². The number of ether oxygens (including phenoxy) is 2. The largest absolute Gasteiger partial charge is 0.492 e. The van der Waals surface area contributed by atoms with E-state index in [1.165, 1.54) is 30.3 Å². The zero-order valence-electron chi connectivity index (χ0n) is 15.2. The first-order chi connectivity index (χ1) is 13.7. The van der Waals surface area contributed by atoms with Gasteiger partial charge in [0.2, 0.25) is 9.84 Å². The van der Waals surface area contributed by atoms with Crippen LogP contribution in [0.3, 0.4) is 0 Å². The Morgan fingerprint density at radius 1 is 1.10 bits per heavy atom. The standard InChI is InChI=1S/C18H21Cl3O7S/c19-7-11(23)9-28-18-16(20)5-15(6-17(18)21)29(25,26)14-3-1-13(2-4-14)27-10-12(24)8-22/h1-5,11-12,17,22-24H,6-10H2/t11-,12+,17?/m0/s1. The molecule has 1 aliphatic rings. The second kappa shape index (κ2) is 10.9. The van der Waals surface area contributed by atoms with Crippen LogP contribution >= 0.6 is 34.8 Å². The van der Waals surface area contributed by atoms with Crippen LogP contribution in [0, 0.1) is 0 Å². The molecule has 162 valence electrons. The maximum atomic E-state index is 12.9. The summed E-state index contributed by atoms with van der Waals surface area (Å²) in [4.78, 5) is 0.0474. The Bertz CT molecular complexity index is 853. The Morgan fingerprint density at radius 2 is 1.72 bits per heavy atom. The molecule has 2 rings (SSSR count). The highest BCUT2D eigenvalue weighted by atomic mass is 35.5. The Kier molecular flexibility index (Phi) is 9.09. The fourth-order valence-corrected chi connectivity index (χ4v) is 4.80. The van der Waals surface area contributed by atoms with Gasteiger partial charge in [0, 0.05) is 6.42 Å².